The van der Waals surface area contributed by atoms with E-state index in [0.29, 0.717) is 12.2 Å². The van der Waals surface area contributed by atoms with Crippen LogP contribution >= 0.6 is 0 Å². The van der Waals surface area contributed by atoms with Crippen molar-refractivity contribution < 1.29 is 4.79 Å². The number of unbranched alkanes of at least 4 members (excludes halogenated alkanes) is 7. The van der Waals surface area contributed by atoms with Gasteiger partial charge in [-0.25, -0.2) is 0 Å². The normalized spacial score (nSPS) is 12.1. The van der Waals surface area contributed by atoms with Crippen LogP contribution < -0.4 is 0 Å². The van der Waals surface area contributed by atoms with Crippen LogP contribution in [0.25, 0.3) is 0 Å². The van der Waals surface area contributed by atoms with Crippen molar-refractivity contribution in [2.45, 2.75) is 119 Å². The van der Waals surface area contributed by atoms with Gasteiger partial charge in [0.15, 0.2) is 0 Å². The van der Waals surface area contributed by atoms with Crippen LogP contribution in [0, 0.1) is 0 Å². The van der Waals surface area contributed by atoms with Crippen molar-refractivity contribution in [3.05, 3.63) is 22.3 Å². The van der Waals surface area contributed by atoms with Crippen molar-refractivity contribution in [3.8, 4) is 0 Å². The fraction of sp³-hybridized carbons (Fsp3) is 0.783. The molecule has 0 unspecified atom stereocenters. The number of carbonyl (C=O) groups is 1. The van der Waals surface area contributed by atoms with Gasteiger partial charge in [0.1, 0.15) is 5.78 Å². The van der Waals surface area contributed by atoms with E-state index < -0.39 is 0 Å². The van der Waals surface area contributed by atoms with E-state index in [4.69, 9.17) is 0 Å². The summed E-state index contributed by atoms with van der Waals surface area (Å²) in [5.74, 6) is 0.304. The molecule has 0 bridgehead atoms. The van der Waals surface area contributed by atoms with Gasteiger partial charge in [0, 0.05) is 6.42 Å². The Morgan fingerprint density at radius 1 is 0.458 bits per heavy atom. The van der Waals surface area contributed by atoms with Crippen LogP contribution in [0.5, 0.6) is 0 Å². The third-order valence-corrected chi connectivity index (χ3v) is 5.29. The highest BCUT2D eigenvalue weighted by molar-refractivity contribution is 5.75. The molecule has 24 heavy (non-hydrogen) atoms. The highest BCUT2D eigenvalue weighted by atomic mass is 16.1. The zero-order chi connectivity index (χ0) is 18.4. The van der Waals surface area contributed by atoms with Crippen LogP contribution in [0.15, 0.2) is 22.3 Å². The second-order valence-corrected chi connectivity index (χ2v) is 7.87. The van der Waals surface area contributed by atoms with Crippen LogP contribution in [0.2, 0.25) is 0 Å². The summed E-state index contributed by atoms with van der Waals surface area (Å²) in [6.45, 7) is 12.8. The van der Waals surface area contributed by atoms with Crippen molar-refractivity contribution in [2.24, 2.45) is 0 Å². The Balaban J connectivity index is 3.52. The number of hydrogen-bond acceptors (Lipinski definition) is 1. The van der Waals surface area contributed by atoms with Gasteiger partial charge < -0.3 is 4.79 Å². The summed E-state index contributed by atoms with van der Waals surface area (Å²) < 4.78 is 0. The molecule has 0 aliphatic carbocycles. The summed E-state index contributed by atoms with van der Waals surface area (Å²) in [4.78, 5) is 11.0. The van der Waals surface area contributed by atoms with Crippen LogP contribution in [0.4, 0.5) is 0 Å². The zero-order valence-corrected chi connectivity index (χ0v) is 17.4. The summed E-state index contributed by atoms with van der Waals surface area (Å²) in [7, 11) is 0. The zero-order valence-electron chi connectivity index (χ0n) is 17.4. The first-order valence-corrected chi connectivity index (χ1v) is 10.1. The monoisotopic (exact) mass is 334 g/mol. The molecule has 0 aliphatic heterocycles. The minimum absolute atomic E-state index is 0.304. The van der Waals surface area contributed by atoms with Crippen LogP contribution in [0.1, 0.15) is 119 Å². The Kier molecular flexibility index (Phi) is 14.0. The highest BCUT2D eigenvalue weighted by Gasteiger charge is 2.00. The van der Waals surface area contributed by atoms with Gasteiger partial charge >= 0.3 is 0 Å². The molecule has 0 aliphatic rings. The van der Waals surface area contributed by atoms with Crippen molar-refractivity contribution in [1.82, 2.24) is 0 Å². The molecule has 0 saturated carbocycles. The maximum absolute atomic E-state index is 11.0. The van der Waals surface area contributed by atoms with Gasteiger partial charge in [-0.2, -0.15) is 0 Å². The lowest BCUT2D eigenvalue weighted by molar-refractivity contribution is -0.116. The van der Waals surface area contributed by atoms with E-state index in [2.05, 4.69) is 34.6 Å². The molecular formula is C23H42O. The molecule has 0 aromatic heterocycles. The SMILES string of the molecule is CC(=O)CCC(C)=C(C)CCCCCCCCCCC(C)=C(C)C. The van der Waals surface area contributed by atoms with Crippen LogP contribution in [0.3, 0.4) is 0 Å². The summed E-state index contributed by atoms with van der Waals surface area (Å²) >= 11 is 0. The number of Topliss-reactive ketones (excluding diaryl/α,β-unsaturated/α-hetero) is 1. The fourth-order valence-electron chi connectivity index (χ4n) is 2.88. The van der Waals surface area contributed by atoms with Gasteiger partial charge in [-0.05, 0) is 73.6 Å². The second kappa shape index (κ2) is 14.5. The summed E-state index contributed by atoms with van der Waals surface area (Å²) in [5.41, 5.74) is 6.01. The standard InChI is InChI=1S/C23H42O/c1-19(2)20(3)15-13-11-9-7-8-10-12-14-16-21(4)22(5)17-18-23(6)24/h7-18H2,1-6H3. The topological polar surface area (TPSA) is 17.1 Å². The van der Waals surface area contributed by atoms with Gasteiger partial charge in [-0.15, -0.1) is 0 Å². The molecule has 0 saturated heterocycles. The Labute approximate surface area is 152 Å². The molecule has 0 radical (unpaired) electrons. The quantitative estimate of drug-likeness (QED) is 0.233. The molecule has 0 atom stereocenters. The van der Waals surface area contributed by atoms with Crippen molar-refractivity contribution in [3.63, 3.8) is 0 Å². The van der Waals surface area contributed by atoms with E-state index in [9.17, 15) is 4.79 Å². The van der Waals surface area contributed by atoms with E-state index in [1.807, 2.05) is 0 Å². The van der Waals surface area contributed by atoms with Crippen molar-refractivity contribution >= 4 is 5.78 Å². The van der Waals surface area contributed by atoms with Gasteiger partial charge in [-0.1, -0.05) is 60.8 Å². The number of allylic oxidation sites excluding steroid dienone is 4. The van der Waals surface area contributed by atoms with Crippen LogP contribution in [-0.4, -0.2) is 5.78 Å². The van der Waals surface area contributed by atoms with E-state index in [-0.39, 0.29) is 0 Å². The Morgan fingerprint density at radius 3 is 1.25 bits per heavy atom. The molecule has 0 aromatic rings. The molecule has 0 heterocycles. The average molecular weight is 335 g/mol. The van der Waals surface area contributed by atoms with E-state index in [1.54, 1.807) is 12.5 Å². The molecule has 1 nitrogen and oxygen atoms in total. The maximum Gasteiger partial charge on any atom is 0.130 e. The number of carbonyl (C=O) groups excluding carboxylic acids is 1. The molecule has 140 valence electrons. The van der Waals surface area contributed by atoms with Crippen molar-refractivity contribution in [1.29, 1.82) is 0 Å². The minimum atomic E-state index is 0.304. The van der Waals surface area contributed by atoms with E-state index in [1.165, 1.54) is 80.9 Å². The Bertz CT molecular complexity index is 408. The first-order chi connectivity index (χ1) is 11.3. The Hall–Kier alpha value is -0.850. The van der Waals surface area contributed by atoms with E-state index in [0.717, 1.165) is 6.42 Å². The van der Waals surface area contributed by atoms with Crippen molar-refractivity contribution in [2.75, 3.05) is 0 Å². The molecule has 0 N–H and O–H groups in total. The summed E-state index contributed by atoms with van der Waals surface area (Å²) in [5, 5.41) is 0. The third-order valence-electron chi connectivity index (χ3n) is 5.29. The first kappa shape index (κ1) is 23.1. The molecule has 0 rings (SSSR count). The molecular weight excluding hydrogens is 292 g/mol. The Morgan fingerprint density at radius 2 is 0.833 bits per heavy atom. The summed E-state index contributed by atoms with van der Waals surface area (Å²) in [6, 6.07) is 0. The lowest BCUT2D eigenvalue weighted by atomic mass is 9.99. The average Bonchev–Trinajstić information content (AvgIpc) is 2.53. The highest BCUT2D eigenvalue weighted by Crippen LogP contribution is 2.18. The number of hydrogen-bond donors (Lipinski definition) is 0. The molecule has 0 amide bonds. The van der Waals surface area contributed by atoms with Gasteiger partial charge in [0.2, 0.25) is 0 Å². The maximum atomic E-state index is 11.0. The molecule has 1 heteroatoms. The lowest BCUT2D eigenvalue weighted by Gasteiger charge is -2.07. The largest absolute Gasteiger partial charge is 0.300 e. The first-order valence-electron chi connectivity index (χ1n) is 10.1. The number of ketones is 1. The van der Waals surface area contributed by atoms with Gasteiger partial charge in [0.25, 0.3) is 0 Å². The fourth-order valence-corrected chi connectivity index (χ4v) is 2.88. The lowest BCUT2D eigenvalue weighted by Crippen LogP contribution is -1.93. The smallest absolute Gasteiger partial charge is 0.130 e. The molecule has 0 fully saturated rings. The van der Waals surface area contributed by atoms with E-state index >= 15 is 0 Å². The van der Waals surface area contributed by atoms with Crippen LogP contribution in [-0.2, 0) is 4.79 Å². The predicted molar refractivity (Wildman–Crippen MR) is 109 cm³/mol. The van der Waals surface area contributed by atoms with Gasteiger partial charge in [-0.3, -0.25) is 0 Å². The summed E-state index contributed by atoms with van der Waals surface area (Å²) in [6.07, 6.45) is 15.2. The minimum Gasteiger partial charge on any atom is -0.300 e. The van der Waals surface area contributed by atoms with Gasteiger partial charge in [0.05, 0.1) is 0 Å². The predicted octanol–water partition coefficient (Wildman–Crippen LogP) is 7.95. The molecule has 0 spiro atoms. The second-order valence-electron chi connectivity index (χ2n) is 7.87. The molecule has 0 aromatic carbocycles. The third kappa shape index (κ3) is 13.6. The number of rotatable bonds is 14.